The second-order valence-electron chi connectivity index (χ2n) is 7.24. The van der Waals surface area contributed by atoms with E-state index in [2.05, 4.69) is 16.1 Å². The molecule has 0 amide bonds. The van der Waals surface area contributed by atoms with Crippen molar-refractivity contribution in [2.75, 3.05) is 6.61 Å². The van der Waals surface area contributed by atoms with Crippen molar-refractivity contribution in [3.8, 4) is 5.75 Å². The van der Waals surface area contributed by atoms with Crippen LogP contribution in [0, 0.1) is 6.92 Å². The predicted molar refractivity (Wildman–Crippen MR) is 98.9 cm³/mol. The van der Waals surface area contributed by atoms with Gasteiger partial charge in [-0.2, -0.15) is 0 Å². The number of hydrogen-bond donors (Lipinski definition) is 1. The summed E-state index contributed by atoms with van der Waals surface area (Å²) >= 11 is 0. The first-order valence-electron chi connectivity index (χ1n) is 9.54. The van der Waals surface area contributed by atoms with Gasteiger partial charge in [0.25, 0.3) is 5.82 Å². The largest absolute Gasteiger partial charge is 1.00 e. The van der Waals surface area contributed by atoms with E-state index in [1.165, 1.54) is 18.7 Å². The molecule has 0 radical (unpaired) electrons. The lowest BCUT2D eigenvalue weighted by atomic mass is 9.94. The highest BCUT2D eigenvalue weighted by atomic mass is 127. The molecule has 2 aromatic rings. The van der Waals surface area contributed by atoms with Gasteiger partial charge in [0.1, 0.15) is 18.1 Å². The summed E-state index contributed by atoms with van der Waals surface area (Å²) < 4.78 is 9.57. The number of carbonyl (C=O) groups excluding carboxylic acids is 1. The minimum absolute atomic E-state index is 0. The number of nitrogens with zero attached hydrogens (tertiary/aromatic N) is 2. The van der Waals surface area contributed by atoms with Gasteiger partial charge < -0.3 is 33.8 Å². The van der Waals surface area contributed by atoms with E-state index < -0.39 is 0 Å². The Balaban J connectivity index is 0.00000261. The number of aryl methyl sites for hydroxylation is 2. The van der Waals surface area contributed by atoms with Gasteiger partial charge in [0.15, 0.2) is 0 Å². The van der Waals surface area contributed by atoms with Crippen LogP contribution in [-0.4, -0.2) is 22.2 Å². The summed E-state index contributed by atoms with van der Waals surface area (Å²) in [6, 6.07) is 5.74. The molecule has 1 aromatic heterocycles. The van der Waals surface area contributed by atoms with Crippen LogP contribution in [0.3, 0.4) is 0 Å². The minimum atomic E-state index is -0.279. The van der Waals surface area contributed by atoms with Gasteiger partial charge in [0.05, 0.1) is 26.6 Å². The molecule has 148 valence electrons. The summed E-state index contributed by atoms with van der Waals surface area (Å²) in [5.74, 6) is 1.60. The fourth-order valence-corrected chi connectivity index (χ4v) is 3.78. The number of ether oxygens (including phenoxy) is 1. The number of halogens is 1. The summed E-state index contributed by atoms with van der Waals surface area (Å²) in [5.41, 5.74) is 1.66. The highest BCUT2D eigenvalue weighted by molar-refractivity contribution is 5.73. The standard InChI is InChI=1S/C21H28N2O3.HI/c1-16-22(2)12-13-23(16)11-6-14-26-20(24)15-18-9-5-10-19(21(18)25)17-7-3-4-8-17;/h5,9-10,12-13,17H,3-4,6-8,11,14-15H2,1-2H3;1H. The third-order valence-electron chi connectivity index (χ3n) is 5.48. The Kier molecular flexibility index (Phi) is 8.13. The molecule has 1 N–H and O–H groups in total. The molecule has 0 saturated heterocycles. The van der Waals surface area contributed by atoms with E-state index in [0.717, 1.165) is 31.4 Å². The van der Waals surface area contributed by atoms with Crippen LogP contribution in [0.25, 0.3) is 0 Å². The Morgan fingerprint density at radius 2 is 2.07 bits per heavy atom. The molecule has 1 aliphatic rings. The molecule has 0 bridgehead atoms. The zero-order valence-electron chi connectivity index (χ0n) is 16.2. The molecule has 1 heterocycles. The lowest BCUT2D eigenvalue weighted by molar-refractivity contribution is -0.677. The average molecular weight is 484 g/mol. The number of para-hydroxylation sites is 1. The van der Waals surface area contributed by atoms with E-state index in [9.17, 15) is 9.90 Å². The lowest BCUT2D eigenvalue weighted by Gasteiger charge is -2.14. The maximum atomic E-state index is 12.1. The smallest absolute Gasteiger partial charge is 0.310 e. The highest BCUT2D eigenvalue weighted by Crippen LogP contribution is 2.39. The molecular formula is C21H29IN2O3. The van der Waals surface area contributed by atoms with Gasteiger partial charge in [-0.1, -0.05) is 31.0 Å². The van der Waals surface area contributed by atoms with Crippen LogP contribution in [0.1, 0.15) is 55.0 Å². The number of phenolic OH excluding ortho intramolecular Hbond substituents is 1. The predicted octanol–water partition coefficient (Wildman–Crippen LogP) is 0.164. The fraction of sp³-hybridized carbons (Fsp3) is 0.524. The summed E-state index contributed by atoms with van der Waals surface area (Å²) in [7, 11) is 2.01. The van der Waals surface area contributed by atoms with Crippen LogP contribution in [0.4, 0.5) is 0 Å². The van der Waals surface area contributed by atoms with Crippen LogP contribution in [0.5, 0.6) is 5.75 Å². The number of phenols is 1. The molecule has 6 heteroatoms. The van der Waals surface area contributed by atoms with Crippen LogP contribution in [-0.2, 0) is 29.5 Å². The van der Waals surface area contributed by atoms with Crippen LogP contribution >= 0.6 is 0 Å². The monoisotopic (exact) mass is 484 g/mol. The number of aromatic nitrogens is 2. The number of imidazole rings is 1. The Labute approximate surface area is 178 Å². The molecular weight excluding hydrogens is 455 g/mol. The highest BCUT2D eigenvalue weighted by Gasteiger charge is 2.22. The van der Waals surface area contributed by atoms with E-state index in [1.54, 1.807) is 0 Å². The van der Waals surface area contributed by atoms with E-state index in [0.29, 0.717) is 18.1 Å². The number of carbonyl (C=O) groups is 1. The second-order valence-corrected chi connectivity index (χ2v) is 7.24. The number of rotatable bonds is 7. The lowest BCUT2D eigenvalue weighted by Crippen LogP contribution is -3.00. The van der Waals surface area contributed by atoms with E-state index in [4.69, 9.17) is 4.74 Å². The third kappa shape index (κ3) is 5.46. The number of aromatic hydroxyl groups is 1. The molecule has 1 aliphatic carbocycles. The first-order valence-corrected chi connectivity index (χ1v) is 9.54. The summed E-state index contributed by atoms with van der Waals surface area (Å²) in [6.07, 6.45) is 9.63. The SMILES string of the molecule is Cc1n(CCCOC(=O)Cc2cccc(C3CCCC3)c2O)cc[n+]1C.[I-]. The van der Waals surface area contributed by atoms with Crippen molar-refractivity contribution >= 4 is 5.97 Å². The third-order valence-corrected chi connectivity index (χ3v) is 5.48. The molecule has 1 saturated carbocycles. The maximum Gasteiger partial charge on any atom is 0.310 e. The van der Waals surface area contributed by atoms with Crippen molar-refractivity contribution in [1.29, 1.82) is 0 Å². The van der Waals surface area contributed by atoms with Gasteiger partial charge in [-0.25, -0.2) is 9.13 Å². The van der Waals surface area contributed by atoms with Gasteiger partial charge in [-0.15, -0.1) is 0 Å². The van der Waals surface area contributed by atoms with Gasteiger partial charge in [-0.05, 0) is 24.3 Å². The molecule has 0 spiro atoms. The molecule has 1 aromatic carbocycles. The number of hydrogen-bond acceptors (Lipinski definition) is 3. The molecule has 3 rings (SSSR count). The quantitative estimate of drug-likeness (QED) is 0.264. The van der Waals surface area contributed by atoms with Crippen molar-refractivity contribution in [1.82, 2.24) is 4.57 Å². The summed E-state index contributed by atoms with van der Waals surface area (Å²) in [5, 5.41) is 10.5. The summed E-state index contributed by atoms with van der Waals surface area (Å²) in [4.78, 5) is 12.1. The Morgan fingerprint density at radius 1 is 1.33 bits per heavy atom. The van der Waals surface area contributed by atoms with Crippen molar-refractivity contribution in [3.05, 3.63) is 47.5 Å². The van der Waals surface area contributed by atoms with E-state index >= 15 is 0 Å². The van der Waals surface area contributed by atoms with Crippen LogP contribution in [0.2, 0.25) is 0 Å². The van der Waals surface area contributed by atoms with Crippen molar-refractivity contribution in [2.24, 2.45) is 7.05 Å². The fourth-order valence-electron chi connectivity index (χ4n) is 3.78. The molecule has 0 unspecified atom stereocenters. The topological polar surface area (TPSA) is 55.3 Å². The second kappa shape index (κ2) is 10.1. The van der Waals surface area contributed by atoms with Gasteiger partial charge in [-0.3, -0.25) is 4.79 Å². The zero-order valence-corrected chi connectivity index (χ0v) is 18.3. The van der Waals surface area contributed by atoms with E-state index in [-0.39, 0.29) is 42.1 Å². The molecule has 0 atom stereocenters. The molecule has 5 nitrogen and oxygen atoms in total. The van der Waals surface area contributed by atoms with Gasteiger partial charge in [0, 0.05) is 18.9 Å². The van der Waals surface area contributed by atoms with Gasteiger partial charge in [0.2, 0.25) is 0 Å². The van der Waals surface area contributed by atoms with Crippen molar-refractivity contribution in [3.63, 3.8) is 0 Å². The average Bonchev–Trinajstić information content (AvgIpc) is 3.26. The summed E-state index contributed by atoms with van der Waals surface area (Å²) in [6.45, 7) is 3.28. The normalized spacial score (nSPS) is 14.1. The van der Waals surface area contributed by atoms with E-state index in [1.807, 2.05) is 37.6 Å². The number of benzene rings is 1. The molecule has 1 fully saturated rings. The van der Waals surface area contributed by atoms with Crippen molar-refractivity contribution in [2.45, 2.75) is 57.9 Å². The first-order chi connectivity index (χ1) is 12.6. The Bertz CT molecular complexity index is 767. The van der Waals surface area contributed by atoms with Crippen LogP contribution in [0.15, 0.2) is 30.6 Å². The maximum absolute atomic E-state index is 12.1. The van der Waals surface area contributed by atoms with Crippen LogP contribution < -0.4 is 28.5 Å². The Morgan fingerprint density at radius 3 is 2.74 bits per heavy atom. The molecule has 0 aliphatic heterocycles. The zero-order chi connectivity index (χ0) is 18.5. The number of esters is 1. The Hall–Kier alpha value is -1.57. The minimum Gasteiger partial charge on any atom is -1.00 e. The van der Waals surface area contributed by atoms with Gasteiger partial charge >= 0.3 is 5.97 Å². The van der Waals surface area contributed by atoms with Crippen molar-refractivity contribution < 1.29 is 43.2 Å². The first kappa shape index (κ1) is 21.7. The molecule has 27 heavy (non-hydrogen) atoms.